The van der Waals surface area contributed by atoms with Gasteiger partial charge in [-0.15, -0.1) is 11.3 Å². The number of alkyl halides is 3. The van der Waals surface area contributed by atoms with E-state index in [1.54, 1.807) is 12.1 Å². The van der Waals surface area contributed by atoms with Gasteiger partial charge in [-0.2, -0.15) is 27.5 Å². The minimum Gasteiger partial charge on any atom is -0.263 e. The summed E-state index contributed by atoms with van der Waals surface area (Å²) in [6, 6.07) is 5.79. The van der Waals surface area contributed by atoms with Gasteiger partial charge in [-0.05, 0) is 24.3 Å². The Kier molecular flexibility index (Phi) is 3.79. The number of aryl methyl sites for hydroxylation is 1. The summed E-state index contributed by atoms with van der Waals surface area (Å²) in [5, 5.41) is 7.84. The Bertz CT molecular complexity index is 999. The van der Waals surface area contributed by atoms with E-state index in [9.17, 15) is 21.6 Å². The summed E-state index contributed by atoms with van der Waals surface area (Å²) in [5.74, 6) is 0. The highest BCUT2D eigenvalue weighted by atomic mass is 32.2. The van der Waals surface area contributed by atoms with Gasteiger partial charge in [-0.3, -0.25) is 4.68 Å². The molecule has 11 heteroatoms. The Morgan fingerprint density at radius 1 is 1.08 bits per heavy atom. The fourth-order valence-corrected chi connectivity index (χ4v) is 3.53. The van der Waals surface area contributed by atoms with Crippen molar-refractivity contribution in [2.75, 3.05) is 6.26 Å². The summed E-state index contributed by atoms with van der Waals surface area (Å²) in [5.41, 5.74) is -0.221. The second kappa shape index (κ2) is 5.45. The quantitative estimate of drug-likeness (QED) is 0.705. The van der Waals surface area contributed by atoms with Gasteiger partial charge in [0.05, 0.1) is 16.0 Å². The van der Waals surface area contributed by atoms with Crippen LogP contribution in [0.3, 0.4) is 0 Å². The molecule has 3 rings (SSSR count). The van der Waals surface area contributed by atoms with Crippen LogP contribution in [0.4, 0.5) is 13.2 Å². The fraction of sp³-hybridized carbons (Fsp3) is 0.231. The molecule has 0 bridgehead atoms. The number of rotatable bonds is 3. The molecule has 0 saturated heterocycles. The lowest BCUT2D eigenvalue weighted by atomic mass is 10.3. The Labute approximate surface area is 139 Å². The number of thiophene rings is 1. The lowest BCUT2D eigenvalue weighted by Crippen LogP contribution is -2.11. The molecule has 3 aromatic rings. The first-order chi connectivity index (χ1) is 11.1. The third kappa shape index (κ3) is 3.08. The van der Waals surface area contributed by atoms with E-state index in [2.05, 4.69) is 10.2 Å². The van der Waals surface area contributed by atoms with Crippen LogP contribution in [0.5, 0.6) is 0 Å². The maximum atomic E-state index is 12.8. The van der Waals surface area contributed by atoms with Crippen LogP contribution in [0, 0.1) is 0 Å². The van der Waals surface area contributed by atoms with E-state index in [4.69, 9.17) is 0 Å². The van der Waals surface area contributed by atoms with Crippen LogP contribution in [0.2, 0.25) is 0 Å². The number of hydrogen-bond acceptors (Lipinski definition) is 5. The number of nitrogens with zero attached hydrogens (tertiary/aromatic N) is 4. The maximum Gasteiger partial charge on any atom is 0.433 e. The lowest BCUT2D eigenvalue weighted by Gasteiger charge is -2.04. The molecule has 0 aliphatic carbocycles. The molecule has 0 aliphatic heterocycles. The molecule has 0 amide bonds. The first-order valence-electron chi connectivity index (χ1n) is 6.54. The Morgan fingerprint density at radius 3 is 2.21 bits per heavy atom. The number of aromatic nitrogens is 4. The summed E-state index contributed by atoms with van der Waals surface area (Å²) >= 11 is 1.18. The van der Waals surface area contributed by atoms with Gasteiger partial charge in [-0.25, -0.2) is 8.42 Å². The van der Waals surface area contributed by atoms with E-state index in [1.165, 1.54) is 30.6 Å². The highest BCUT2D eigenvalue weighted by Gasteiger charge is 2.35. The predicted octanol–water partition coefficient (Wildman–Crippen LogP) is 2.84. The first-order valence-corrected chi connectivity index (χ1v) is 9.20. The molecule has 0 unspecified atom stereocenters. The minimum absolute atomic E-state index is 0.198. The Morgan fingerprint density at radius 2 is 1.71 bits per heavy atom. The molecule has 128 valence electrons. The monoisotopic (exact) mass is 376 g/mol. The van der Waals surface area contributed by atoms with Crippen molar-refractivity contribution in [2.24, 2.45) is 7.05 Å². The summed E-state index contributed by atoms with van der Waals surface area (Å²) in [4.78, 5) is 1.16. The molecule has 3 heterocycles. The third-order valence-electron chi connectivity index (χ3n) is 3.19. The molecular formula is C13H11F3N4O2S2. The second-order valence-electron chi connectivity index (χ2n) is 5.04. The number of hydrogen-bond donors (Lipinski definition) is 0. The number of halogens is 3. The smallest absolute Gasteiger partial charge is 0.263 e. The Hall–Kier alpha value is -2.14. The van der Waals surface area contributed by atoms with E-state index in [-0.39, 0.29) is 5.69 Å². The van der Waals surface area contributed by atoms with Gasteiger partial charge in [0.15, 0.2) is 0 Å². The van der Waals surface area contributed by atoms with Gasteiger partial charge in [0.1, 0.15) is 17.1 Å². The minimum atomic E-state index is -4.48. The van der Waals surface area contributed by atoms with Crippen molar-refractivity contribution >= 4 is 21.4 Å². The van der Waals surface area contributed by atoms with E-state index in [0.717, 1.165) is 21.1 Å². The molecule has 0 aliphatic rings. The van der Waals surface area contributed by atoms with Gasteiger partial charge < -0.3 is 0 Å². The molecule has 0 fully saturated rings. The van der Waals surface area contributed by atoms with Crippen LogP contribution < -0.4 is 0 Å². The van der Waals surface area contributed by atoms with Crippen LogP contribution in [0.1, 0.15) is 5.69 Å². The van der Waals surface area contributed by atoms with Gasteiger partial charge in [0.2, 0.25) is 0 Å². The molecular weight excluding hydrogens is 365 g/mol. The molecule has 3 aromatic heterocycles. The Balaban J connectivity index is 1.96. The highest BCUT2D eigenvalue weighted by Crippen LogP contribution is 2.36. The zero-order valence-corrected chi connectivity index (χ0v) is 14.1. The third-order valence-corrected chi connectivity index (χ3v) is 5.20. The van der Waals surface area contributed by atoms with Crippen molar-refractivity contribution in [3.05, 3.63) is 36.2 Å². The van der Waals surface area contributed by atoms with Crippen molar-refractivity contribution in [2.45, 2.75) is 6.18 Å². The van der Waals surface area contributed by atoms with E-state index in [0.29, 0.717) is 15.4 Å². The maximum absolute atomic E-state index is 12.8. The van der Waals surface area contributed by atoms with Crippen LogP contribution >= 0.6 is 11.3 Å². The van der Waals surface area contributed by atoms with Crippen LogP contribution in [0.25, 0.3) is 21.1 Å². The summed E-state index contributed by atoms with van der Waals surface area (Å²) in [6.45, 7) is 0. The zero-order valence-electron chi connectivity index (χ0n) is 12.4. The SMILES string of the molecule is Cn1nc(-c2ccc(-c3ccn(S(C)(=O)=O)n3)s2)cc1C(F)(F)F. The van der Waals surface area contributed by atoms with E-state index in [1.807, 2.05) is 0 Å². The predicted molar refractivity (Wildman–Crippen MR) is 83.0 cm³/mol. The molecule has 0 N–H and O–H groups in total. The molecule has 0 atom stereocenters. The van der Waals surface area contributed by atoms with Gasteiger partial charge in [-0.1, -0.05) is 0 Å². The molecule has 0 radical (unpaired) electrons. The van der Waals surface area contributed by atoms with Crippen LogP contribution in [-0.2, 0) is 23.2 Å². The normalized spacial score (nSPS) is 12.7. The van der Waals surface area contributed by atoms with E-state index >= 15 is 0 Å². The highest BCUT2D eigenvalue weighted by molar-refractivity contribution is 7.89. The van der Waals surface area contributed by atoms with Crippen molar-refractivity contribution in [1.29, 1.82) is 0 Å². The average molecular weight is 376 g/mol. The van der Waals surface area contributed by atoms with Crippen LogP contribution in [0.15, 0.2) is 30.5 Å². The molecule has 0 aromatic carbocycles. The van der Waals surface area contributed by atoms with Gasteiger partial charge in [0, 0.05) is 13.2 Å². The first kappa shape index (κ1) is 16.7. The molecule has 24 heavy (non-hydrogen) atoms. The molecule has 0 saturated carbocycles. The topological polar surface area (TPSA) is 69.8 Å². The molecule has 6 nitrogen and oxygen atoms in total. The van der Waals surface area contributed by atoms with Gasteiger partial charge >= 0.3 is 6.18 Å². The summed E-state index contributed by atoms with van der Waals surface area (Å²) < 4.78 is 63.0. The fourth-order valence-electron chi connectivity index (χ4n) is 2.09. The summed E-state index contributed by atoms with van der Waals surface area (Å²) in [7, 11) is -2.25. The zero-order chi connectivity index (χ0) is 17.7. The summed E-state index contributed by atoms with van der Waals surface area (Å²) in [6.07, 6.45) is -2.14. The van der Waals surface area contributed by atoms with Crippen molar-refractivity contribution in [1.82, 2.24) is 19.0 Å². The second-order valence-corrected chi connectivity index (χ2v) is 7.96. The average Bonchev–Trinajstić information content (AvgIpc) is 3.14. The standard InChI is InChI=1S/C13H11F3N4O2S2/c1-19-12(13(14,15)16)7-9(17-19)11-4-3-10(23-11)8-5-6-20(18-8)24(2,21)22/h3-7H,1-2H3. The largest absolute Gasteiger partial charge is 0.433 e. The lowest BCUT2D eigenvalue weighted by molar-refractivity contribution is -0.143. The molecule has 0 spiro atoms. The van der Waals surface area contributed by atoms with Crippen molar-refractivity contribution < 1.29 is 21.6 Å². The van der Waals surface area contributed by atoms with Gasteiger partial charge in [0.25, 0.3) is 10.0 Å². The van der Waals surface area contributed by atoms with E-state index < -0.39 is 21.9 Å². The van der Waals surface area contributed by atoms with Crippen molar-refractivity contribution in [3.63, 3.8) is 0 Å². The van der Waals surface area contributed by atoms with Crippen molar-refractivity contribution in [3.8, 4) is 21.1 Å². The van der Waals surface area contributed by atoms with Crippen LogP contribution in [-0.4, -0.2) is 33.6 Å².